The molecule has 0 aromatic carbocycles. The minimum Gasteiger partial charge on any atom is -0.396 e. The molecule has 11 heavy (non-hydrogen) atoms. The Hall–Kier alpha value is -0.370. The van der Waals surface area contributed by atoms with E-state index in [0.717, 1.165) is 25.7 Å². The molecule has 1 fully saturated rings. The Balaban J connectivity index is 2.32. The van der Waals surface area contributed by atoms with Crippen molar-refractivity contribution in [3.8, 4) is 0 Å². The van der Waals surface area contributed by atoms with Crippen LogP contribution in [0, 0.1) is 11.8 Å². The number of aliphatic hydroxyl groups is 1. The second-order valence-electron chi connectivity index (χ2n) is 3.54. The molecule has 1 unspecified atom stereocenters. The van der Waals surface area contributed by atoms with Crippen molar-refractivity contribution in [2.75, 3.05) is 6.61 Å². The van der Waals surface area contributed by atoms with Gasteiger partial charge in [0, 0.05) is 19.4 Å². The predicted molar refractivity (Wildman–Crippen MR) is 43.2 cm³/mol. The first-order valence-corrected chi connectivity index (χ1v) is 4.36. The molecule has 1 aliphatic carbocycles. The third-order valence-corrected chi connectivity index (χ3v) is 2.68. The molecular formula is C9H16O2. The summed E-state index contributed by atoms with van der Waals surface area (Å²) in [5, 5.41) is 8.87. The maximum atomic E-state index is 10.9. The van der Waals surface area contributed by atoms with Crippen molar-refractivity contribution in [2.24, 2.45) is 11.8 Å². The largest absolute Gasteiger partial charge is 0.396 e. The van der Waals surface area contributed by atoms with Crippen molar-refractivity contribution >= 4 is 5.78 Å². The van der Waals surface area contributed by atoms with Crippen molar-refractivity contribution in [1.29, 1.82) is 0 Å². The Morgan fingerprint density at radius 1 is 1.55 bits per heavy atom. The summed E-state index contributed by atoms with van der Waals surface area (Å²) in [7, 11) is 0. The highest BCUT2D eigenvalue weighted by molar-refractivity contribution is 5.79. The quantitative estimate of drug-likeness (QED) is 0.655. The van der Waals surface area contributed by atoms with E-state index in [0.29, 0.717) is 17.6 Å². The summed E-state index contributed by atoms with van der Waals surface area (Å²) >= 11 is 0. The van der Waals surface area contributed by atoms with Crippen LogP contribution in [0.5, 0.6) is 0 Å². The Morgan fingerprint density at radius 2 is 2.09 bits per heavy atom. The number of carbonyl (C=O) groups is 1. The van der Waals surface area contributed by atoms with Gasteiger partial charge < -0.3 is 5.11 Å². The number of Topliss-reactive ketones (excluding diaryl/α,β-unsaturated/α-hetero) is 1. The van der Waals surface area contributed by atoms with Crippen LogP contribution in [0.1, 0.15) is 32.6 Å². The predicted octanol–water partition coefficient (Wildman–Crippen LogP) is 1.37. The summed E-state index contributed by atoms with van der Waals surface area (Å²) in [6.07, 6.45) is 3.44. The molecule has 2 heteroatoms. The molecule has 0 aliphatic heterocycles. The minimum absolute atomic E-state index is 0.263. The second-order valence-corrected chi connectivity index (χ2v) is 3.54. The number of rotatable bonds is 2. The Bertz CT molecular complexity index is 132. The Kier molecular flexibility index (Phi) is 3.06. The average molecular weight is 156 g/mol. The third kappa shape index (κ3) is 2.29. The summed E-state index contributed by atoms with van der Waals surface area (Å²) in [6.45, 7) is 2.32. The number of hydrogen-bond acceptors (Lipinski definition) is 2. The van der Waals surface area contributed by atoms with Crippen LogP contribution in [-0.2, 0) is 4.79 Å². The van der Waals surface area contributed by atoms with E-state index in [4.69, 9.17) is 5.11 Å². The van der Waals surface area contributed by atoms with Gasteiger partial charge in [-0.1, -0.05) is 6.92 Å². The molecule has 0 saturated heterocycles. The summed E-state index contributed by atoms with van der Waals surface area (Å²) in [4.78, 5) is 10.9. The fourth-order valence-electron chi connectivity index (χ4n) is 1.68. The summed E-state index contributed by atoms with van der Waals surface area (Å²) in [6, 6.07) is 0. The van der Waals surface area contributed by atoms with Gasteiger partial charge in [-0.3, -0.25) is 4.79 Å². The fourth-order valence-corrected chi connectivity index (χ4v) is 1.68. The highest BCUT2D eigenvalue weighted by atomic mass is 16.3. The van der Waals surface area contributed by atoms with Crippen LogP contribution < -0.4 is 0 Å². The van der Waals surface area contributed by atoms with Crippen LogP contribution in [-0.4, -0.2) is 17.5 Å². The zero-order valence-electron chi connectivity index (χ0n) is 7.05. The zero-order chi connectivity index (χ0) is 8.27. The Labute approximate surface area is 67.6 Å². The van der Waals surface area contributed by atoms with Crippen LogP contribution in [0.25, 0.3) is 0 Å². The molecular weight excluding hydrogens is 140 g/mol. The van der Waals surface area contributed by atoms with Crippen LogP contribution in [0.3, 0.4) is 0 Å². The zero-order valence-corrected chi connectivity index (χ0v) is 7.05. The third-order valence-electron chi connectivity index (χ3n) is 2.68. The average Bonchev–Trinajstić information content (AvgIpc) is 2.05. The lowest BCUT2D eigenvalue weighted by Crippen LogP contribution is -2.21. The lowest BCUT2D eigenvalue weighted by atomic mass is 9.81. The maximum Gasteiger partial charge on any atom is 0.132 e. The van der Waals surface area contributed by atoms with E-state index in [1.165, 1.54) is 0 Å². The van der Waals surface area contributed by atoms with Crippen molar-refractivity contribution in [3.05, 3.63) is 0 Å². The summed E-state index contributed by atoms with van der Waals surface area (Å²) in [5.74, 6) is 1.35. The van der Waals surface area contributed by atoms with Gasteiger partial charge in [-0.05, 0) is 24.7 Å². The maximum absolute atomic E-state index is 10.9. The molecule has 1 saturated carbocycles. The fraction of sp³-hybridized carbons (Fsp3) is 0.889. The summed E-state index contributed by atoms with van der Waals surface area (Å²) < 4.78 is 0. The van der Waals surface area contributed by atoms with Crippen molar-refractivity contribution in [1.82, 2.24) is 0 Å². The van der Waals surface area contributed by atoms with E-state index >= 15 is 0 Å². The SMILES string of the molecule is CC(CO)C1CCC(=O)CC1. The number of ketones is 1. The molecule has 1 atom stereocenters. The van der Waals surface area contributed by atoms with E-state index in [2.05, 4.69) is 6.92 Å². The van der Waals surface area contributed by atoms with Crippen molar-refractivity contribution < 1.29 is 9.90 Å². The molecule has 1 aliphatic rings. The van der Waals surface area contributed by atoms with Gasteiger partial charge >= 0.3 is 0 Å². The summed E-state index contributed by atoms with van der Waals surface area (Å²) in [5.41, 5.74) is 0. The molecule has 0 amide bonds. The van der Waals surface area contributed by atoms with E-state index < -0.39 is 0 Å². The monoisotopic (exact) mass is 156 g/mol. The highest BCUT2D eigenvalue weighted by Gasteiger charge is 2.22. The Morgan fingerprint density at radius 3 is 2.55 bits per heavy atom. The molecule has 1 rings (SSSR count). The molecule has 64 valence electrons. The molecule has 0 spiro atoms. The van der Waals surface area contributed by atoms with Gasteiger partial charge in [0.25, 0.3) is 0 Å². The normalized spacial score (nSPS) is 23.6. The van der Waals surface area contributed by atoms with E-state index in [1.807, 2.05) is 0 Å². The lowest BCUT2D eigenvalue weighted by molar-refractivity contribution is -0.121. The molecule has 1 N–H and O–H groups in total. The molecule has 0 bridgehead atoms. The standard InChI is InChI=1S/C9H16O2/c1-7(6-10)8-2-4-9(11)5-3-8/h7-8,10H,2-6H2,1H3. The van der Waals surface area contributed by atoms with E-state index in [9.17, 15) is 4.79 Å². The van der Waals surface area contributed by atoms with E-state index in [-0.39, 0.29) is 6.61 Å². The first-order chi connectivity index (χ1) is 5.24. The molecule has 0 heterocycles. The molecule has 0 radical (unpaired) electrons. The van der Waals surface area contributed by atoms with Gasteiger partial charge in [0.1, 0.15) is 5.78 Å². The first kappa shape index (κ1) is 8.72. The number of carbonyl (C=O) groups excluding carboxylic acids is 1. The van der Waals surface area contributed by atoms with Crippen LogP contribution in [0.15, 0.2) is 0 Å². The smallest absolute Gasteiger partial charge is 0.132 e. The van der Waals surface area contributed by atoms with Crippen molar-refractivity contribution in [2.45, 2.75) is 32.6 Å². The lowest BCUT2D eigenvalue weighted by Gasteiger charge is -2.25. The number of hydrogen-bond donors (Lipinski definition) is 1. The van der Waals surface area contributed by atoms with Gasteiger partial charge in [-0.15, -0.1) is 0 Å². The van der Waals surface area contributed by atoms with E-state index in [1.54, 1.807) is 0 Å². The van der Waals surface area contributed by atoms with Crippen LogP contribution in [0.2, 0.25) is 0 Å². The van der Waals surface area contributed by atoms with Gasteiger partial charge in [0.15, 0.2) is 0 Å². The van der Waals surface area contributed by atoms with Crippen LogP contribution in [0.4, 0.5) is 0 Å². The first-order valence-electron chi connectivity index (χ1n) is 4.36. The van der Waals surface area contributed by atoms with Crippen molar-refractivity contribution in [3.63, 3.8) is 0 Å². The topological polar surface area (TPSA) is 37.3 Å². The molecule has 2 nitrogen and oxygen atoms in total. The minimum atomic E-state index is 0.263. The van der Waals surface area contributed by atoms with Crippen LogP contribution >= 0.6 is 0 Å². The van der Waals surface area contributed by atoms with Gasteiger partial charge in [-0.2, -0.15) is 0 Å². The number of aliphatic hydroxyl groups excluding tert-OH is 1. The van der Waals surface area contributed by atoms with Gasteiger partial charge in [-0.25, -0.2) is 0 Å². The molecule has 0 aromatic heterocycles. The van der Waals surface area contributed by atoms with Gasteiger partial charge in [0.2, 0.25) is 0 Å². The highest BCUT2D eigenvalue weighted by Crippen LogP contribution is 2.27. The molecule has 0 aromatic rings. The van der Waals surface area contributed by atoms with Gasteiger partial charge in [0.05, 0.1) is 0 Å². The second kappa shape index (κ2) is 3.86.